The van der Waals surface area contributed by atoms with Gasteiger partial charge in [-0.25, -0.2) is 0 Å². The highest BCUT2D eigenvalue weighted by Crippen LogP contribution is 2.22. The molecule has 0 saturated heterocycles. The Morgan fingerprint density at radius 1 is 1.58 bits per heavy atom. The van der Waals surface area contributed by atoms with E-state index in [4.69, 9.17) is 4.74 Å². The number of nitro benzene ring substituents is 1. The standard InChI is InChI=1S/C13H17FN2O3/c1-3-6-15-8-10(2)9-19-11-4-5-13(16(17)18)12(14)7-11/h4-5,7,15H,2-3,6,8-9H2,1H3. The summed E-state index contributed by atoms with van der Waals surface area (Å²) in [5.41, 5.74) is 0.267. The molecule has 0 aliphatic rings. The lowest BCUT2D eigenvalue weighted by Gasteiger charge is -2.09. The van der Waals surface area contributed by atoms with Gasteiger partial charge < -0.3 is 10.1 Å². The topological polar surface area (TPSA) is 64.4 Å². The van der Waals surface area contributed by atoms with E-state index in [9.17, 15) is 14.5 Å². The molecule has 0 heterocycles. The van der Waals surface area contributed by atoms with Crippen molar-refractivity contribution >= 4 is 5.69 Å². The van der Waals surface area contributed by atoms with Crippen LogP contribution >= 0.6 is 0 Å². The van der Waals surface area contributed by atoms with Crippen LogP contribution in [0.2, 0.25) is 0 Å². The van der Waals surface area contributed by atoms with Crippen molar-refractivity contribution in [3.63, 3.8) is 0 Å². The molecular formula is C13H17FN2O3. The van der Waals surface area contributed by atoms with Gasteiger partial charge in [0.15, 0.2) is 0 Å². The van der Waals surface area contributed by atoms with Crippen molar-refractivity contribution in [2.24, 2.45) is 0 Å². The van der Waals surface area contributed by atoms with Crippen molar-refractivity contribution in [3.8, 4) is 5.75 Å². The molecule has 1 N–H and O–H groups in total. The first kappa shape index (κ1) is 15.1. The number of benzene rings is 1. The molecule has 0 radical (unpaired) electrons. The average molecular weight is 268 g/mol. The predicted octanol–water partition coefficient (Wildman–Crippen LogP) is 2.67. The molecule has 104 valence electrons. The van der Waals surface area contributed by atoms with Gasteiger partial charge in [-0.15, -0.1) is 0 Å². The van der Waals surface area contributed by atoms with Gasteiger partial charge in [-0.05, 0) is 24.6 Å². The summed E-state index contributed by atoms with van der Waals surface area (Å²) in [5.74, 6) is -0.656. The van der Waals surface area contributed by atoms with Gasteiger partial charge in [0.1, 0.15) is 12.4 Å². The maximum absolute atomic E-state index is 13.3. The number of rotatable bonds is 8. The zero-order valence-corrected chi connectivity index (χ0v) is 10.8. The van der Waals surface area contributed by atoms with E-state index in [1.807, 2.05) is 0 Å². The van der Waals surface area contributed by atoms with E-state index < -0.39 is 16.4 Å². The molecule has 0 bridgehead atoms. The monoisotopic (exact) mass is 268 g/mol. The fraction of sp³-hybridized carbons (Fsp3) is 0.385. The second kappa shape index (κ2) is 7.48. The van der Waals surface area contributed by atoms with E-state index in [0.717, 1.165) is 30.7 Å². The molecular weight excluding hydrogens is 251 g/mol. The van der Waals surface area contributed by atoms with Gasteiger partial charge >= 0.3 is 5.69 Å². The van der Waals surface area contributed by atoms with Crippen LogP contribution < -0.4 is 10.1 Å². The number of nitrogens with one attached hydrogen (secondary N) is 1. The smallest absolute Gasteiger partial charge is 0.305 e. The third-order valence-electron chi connectivity index (χ3n) is 2.36. The molecule has 6 heteroatoms. The van der Waals surface area contributed by atoms with Crippen LogP contribution in [0.4, 0.5) is 10.1 Å². The van der Waals surface area contributed by atoms with E-state index in [0.29, 0.717) is 6.54 Å². The Hall–Kier alpha value is -1.95. The summed E-state index contributed by atoms with van der Waals surface area (Å²) in [6, 6.07) is 3.46. The summed E-state index contributed by atoms with van der Waals surface area (Å²) < 4.78 is 18.6. The van der Waals surface area contributed by atoms with Gasteiger partial charge in [-0.2, -0.15) is 4.39 Å². The Morgan fingerprint density at radius 2 is 2.32 bits per heavy atom. The van der Waals surface area contributed by atoms with Crippen LogP contribution in [0.25, 0.3) is 0 Å². The normalized spacial score (nSPS) is 10.2. The predicted molar refractivity (Wildman–Crippen MR) is 70.9 cm³/mol. The highest BCUT2D eigenvalue weighted by molar-refractivity contribution is 5.38. The summed E-state index contributed by atoms with van der Waals surface area (Å²) in [6.07, 6.45) is 1.03. The first-order valence-corrected chi connectivity index (χ1v) is 5.98. The first-order chi connectivity index (χ1) is 9.04. The third-order valence-corrected chi connectivity index (χ3v) is 2.36. The van der Waals surface area contributed by atoms with Crippen LogP contribution in [0, 0.1) is 15.9 Å². The fourth-order valence-electron chi connectivity index (χ4n) is 1.40. The molecule has 0 spiro atoms. The molecule has 1 rings (SSSR count). The second-order valence-electron chi connectivity index (χ2n) is 4.09. The summed E-state index contributed by atoms with van der Waals surface area (Å²) in [7, 11) is 0. The van der Waals surface area contributed by atoms with Crippen LogP contribution in [-0.4, -0.2) is 24.6 Å². The largest absolute Gasteiger partial charge is 0.489 e. The summed E-state index contributed by atoms with van der Waals surface area (Å²) in [6.45, 7) is 7.65. The lowest BCUT2D eigenvalue weighted by Crippen LogP contribution is -2.20. The molecule has 0 unspecified atom stereocenters. The van der Waals surface area contributed by atoms with Crippen LogP contribution in [-0.2, 0) is 0 Å². The zero-order chi connectivity index (χ0) is 14.3. The molecule has 0 aliphatic carbocycles. The molecule has 0 saturated carbocycles. The highest BCUT2D eigenvalue weighted by Gasteiger charge is 2.14. The number of ether oxygens (including phenoxy) is 1. The van der Waals surface area contributed by atoms with Crippen LogP contribution in [0.1, 0.15) is 13.3 Å². The Balaban J connectivity index is 2.48. The highest BCUT2D eigenvalue weighted by atomic mass is 19.1. The van der Waals surface area contributed by atoms with Gasteiger partial charge in [0, 0.05) is 18.7 Å². The van der Waals surface area contributed by atoms with Crippen molar-refractivity contribution in [1.82, 2.24) is 5.32 Å². The third kappa shape index (κ3) is 5.05. The van der Waals surface area contributed by atoms with Gasteiger partial charge in [-0.1, -0.05) is 13.5 Å². The minimum Gasteiger partial charge on any atom is -0.489 e. The first-order valence-electron chi connectivity index (χ1n) is 5.98. The number of nitro groups is 1. The van der Waals surface area contributed by atoms with Gasteiger partial charge in [0.2, 0.25) is 5.82 Å². The molecule has 5 nitrogen and oxygen atoms in total. The fourth-order valence-corrected chi connectivity index (χ4v) is 1.40. The number of hydrogen-bond acceptors (Lipinski definition) is 4. The lowest BCUT2D eigenvalue weighted by molar-refractivity contribution is -0.387. The molecule has 0 fully saturated rings. The lowest BCUT2D eigenvalue weighted by atomic mass is 10.3. The molecule has 19 heavy (non-hydrogen) atoms. The molecule has 0 aliphatic heterocycles. The van der Waals surface area contributed by atoms with Crippen molar-refractivity contribution in [3.05, 3.63) is 46.3 Å². The maximum atomic E-state index is 13.3. The van der Waals surface area contributed by atoms with E-state index in [-0.39, 0.29) is 12.4 Å². The average Bonchev–Trinajstić information content (AvgIpc) is 2.36. The summed E-state index contributed by atoms with van der Waals surface area (Å²) in [4.78, 5) is 9.68. The Kier molecular flexibility index (Phi) is 5.95. The van der Waals surface area contributed by atoms with Crippen LogP contribution in [0.5, 0.6) is 5.75 Å². The summed E-state index contributed by atoms with van der Waals surface area (Å²) >= 11 is 0. The second-order valence-corrected chi connectivity index (χ2v) is 4.09. The van der Waals surface area contributed by atoms with E-state index in [2.05, 4.69) is 18.8 Å². The molecule has 1 aromatic rings. The SMILES string of the molecule is C=C(CNCCC)COc1ccc([N+](=O)[O-])c(F)c1. The minimum absolute atomic E-state index is 0.244. The van der Waals surface area contributed by atoms with E-state index >= 15 is 0 Å². The van der Waals surface area contributed by atoms with E-state index in [1.54, 1.807) is 0 Å². The zero-order valence-electron chi connectivity index (χ0n) is 10.8. The molecule has 0 atom stereocenters. The summed E-state index contributed by atoms with van der Waals surface area (Å²) in [5, 5.41) is 13.6. The molecule has 0 aromatic heterocycles. The Labute approximate surface area is 111 Å². The minimum atomic E-state index is -0.905. The van der Waals surface area contributed by atoms with Crippen molar-refractivity contribution < 1.29 is 14.1 Å². The van der Waals surface area contributed by atoms with E-state index in [1.165, 1.54) is 6.07 Å². The number of nitrogens with zero attached hydrogens (tertiary/aromatic N) is 1. The molecule has 1 aromatic carbocycles. The molecule has 0 amide bonds. The quantitative estimate of drug-likeness (QED) is 0.341. The van der Waals surface area contributed by atoms with Crippen molar-refractivity contribution in [2.45, 2.75) is 13.3 Å². The Morgan fingerprint density at radius 3 is 2.89 bits per heavy atom. The van der Waals surface area contributed by atoms with Gasteiger partial charge in [0.25, 0.3) is 0 Å². The Bertz CT molecular complexity index is 463. The van der Waals surface area contributed by atoms with Crippen LogP contribution in [0.3, 0.4) is 0 Å². The maximum Gasteiger partial charge on any atom is 0.305 e. The van der Waals surface area contributed by atoms with Crippen molar-refractivity contribution in [2.75, 3.05) is 19.7 Å². The van der Waals surface area contributed by atoms with Gasteiger partial charge in [0.05, 0.1) is 4.92 Å². The van der Waals surface area contributed by atoms with Crippen molar-refractivity contribution in [1.29, 1.82) is 0 Å². The number of hydrogen-bond donors (Lipinski definition) is 1. The number of halogens is 1. The van der Waals surface area contributed by atoms with Gasteiger partial charge in [-0.3, -0.25) is 10.1 Å². The van der Waals surface area contributed by atoms with Crippen LogP contribution in [0.15, 0.2) is 30.4 Å².